The maximum Gasteiger partial charge on any atom is 0.864 e. The Bertz CT molecular complexity index is 1870. The van der Waals surface area contributed by atoms with Crippen LogP contribution in [0.4, 0.5) is 52.7 Å². The largest absolute Gasteiger partial charge is 0.864 e. The van der Waals surface area contributed by atoms with Gasteiger partial charge in [0.25, 0.3) is 0 Å². The molecule has 0 saturated heterocycles. The van der Waals surface area contributed by atoms with Crippen molar-refractivity contribution in [2.75, 3.05) is 19.6 Å². The minimum Gasteiger partial charge on any atom is -0.489 e. The molecule has 4 aromatic carbocycles. The fourth-order valence-corrected chi connectivity index (χ4v) is 7.05. The average Bonchev–Trinajstić information content (AvgIpc) is 3.22. The summed E-state index contributed by atoms with van der Waals surface area (Å²) in [6, 6.07) is 4.91. The van der Waals surface area contributed by atoms with E-state index in [1.54, 1.807) is 0 Å². The monoisotopic (exact) mass is 879 g/mol. The van der Waals surface area contributed by atoms with E-state index in [1.165, 1.54) is 32.1 Å². The minimum absolute atomic E-state index is 0.227. The molecule has 0 aliphatic rings. The van der Waals surface area contributed by atoms with Crippen molar-refractivity contribution in [3.05, 3.63) is 124 Å². The SMILES string of the molecule is CCCCCCCCCCCCCC(c1c(OB(Oc2cc(F)c(F)c(F)c2)Oc2cc(F)c(F)c(F)c2)cc(F)c(F)c1F)[N+](CC)(CC)CC.Fc1c[c-]cc(F)c1F. The number of nitrogens with zero attached hydrogens (tertiary/aromatic N) is 1. The summed E-state index contributed by atoms with van der Waals surface area (Å²) in [5.41, 5.74) is -0.373. The Morgan fingerprint density at radius 3 is 1.23 bits per heavy atom. The molecule has 61 heavy (non-hydrogen) atoms. The van der Waals surface area contributed by atoms with Crippen LogP contribution >= 0.6 is 0 Å². The Balaban J connectivity index is 0.000000972. The van der Waals surface area contributed by atoms with Crippen molar-refractivity contribution in [2.24, 2.45) is 0 Å². The molecule has 336 valence electrons. The van der Waals surface area contributed by atoms with Crippen molar-refractivity contribution < 1.29 is 71.1 Å². The van der Waals surface area contributed by atoms with E-state index >= 15 is 8.78 Å². The first-order valence-corrected chi connectivity index (χ1v) is 20.4. The molecule has 0 N–H and O–H groups in total. The zero-order chi connectivity index (χ0) is 45.3. The lowest BCUT2D eigenvalue weighted by Gasteiger charge is -2.44. The highest BCUT2D eigenvalue weighted by molar-refractivity contribution is 6.39. The van der Waals surface area contributed by atoms with Crippen LogP contribution in [0.15, 0.2) is 42.5 Å². The number of rotatable bonds is 23. The van der Waals surface area contributed by atoms with E-state index in [2.05, 4.69) is 13.0 Å². The Kier molecular flexibility index (Phi) is 20.7. The standard InChI is InChI=1S/C38H48BF9NO3.C6H2F3/c1-5-9-10-11-12-13-14-15-16-17-18-19-32(49(6-2,7-3)8-4)34-33(24-31(44)37(47)38(34)48)52-39(50-25-20-27(40)35(45)28(41)21-25)51-26-22-29(42)36(46)30(43)23-26;7-4-2-1-3-5(8)6(4)9/h20-24,32H,5-19H2,1-4H3;2-3H/q+1;-1. The first-order chi connectivity index (χ1) is 29.0. The minimum atomic E-state index is -2.33. The highest BCUT2D eigenvalue weighted by Crippen LogP contribution is 2.42. The third-order valence-corrected chi connectivity index (χ3v) is 10.6. The summed E-state index contributed by atoms with van der Waals surface area (Å²) in [5, 5.41) is 0. The molecule has 0 spiro atoms. The molecule has 4 rings (SSSR count). The van der Waals surface area contributed by atoms with Crippen LogP contribution in [-0.4, -0.2) is 31.4 Å². The lowest BCUT2D eigenvalue weighted by atomic mass is 9.93. The Labute approximate surface area is 349 Å². The summed E-state index contributed by atoms with van der Waals surface area (Å²) < 4.78 is 182. The van der Waals surface area contributed by atoms with Gasteiger partial charge in [-0.25, -0.2) is 43.9 Å². The van der Waals surface area contributed by atoms with Gasteiger partial charge in [0, 0.05) is 48.4 Å². The molecule has 0 saturated carbocycles. The van der Waals surface area contributed by atoms with Crippen LogP contribution in [0, 0.1) is 75.9 Å². The Hall–Kier alpha value is -4.54. The smallest absolute Gasteiger partial charge is 0.489 e. The van der Waals surface area contributed by atoms with Gasteiger partial charge >= 0.3 is 7.32 Å². The normalized spacial score (nSPS) is 11.9. The van der Waals surface area contributed by atoms with Gasteiger partial charge in [0.2, 0.25) is 0 Å². The third-order valence-electron chi connectivity index (χ3n) is 10.6. The number of benzene rings is 4. The molecule has 0 aromatic heterocycles. The van der Waals surface area contributed by atoms with Crippen molar-refractivity contribution in [3.63, 3.8) is 0 Å². The van der Waals surface area contributed by atoms with Gasteiger partial charge < -0.3 is 18.4 Å². The Morgan fingerprint density at radius 1 is 0.459 bits per heavy atom. The molecule has 17 heteroatoms. The van der Waals surface area contributed by atoms with Crippen LogP contribution in [-0.2, 0) is 0 Å². The summed E-state index contributed by atoms with van der Waals surface area (Å²) in [6.07, 6.45) is 12.0. The number of unbranched alkanes of at least 4 members (excludes halogenated alkanes) is 10. The number of hydrogen-bond donors (Lipinski definition) is 0. The third kappa shape index (κ3) is 14.3. The first-order valence-electron chi connectivity index (χ1n) is 20.4. The van der Waals surface area contributed by atoms with E-state index in [-0.39, 0.29) is 10.0 Å². The van der Waals surface area contributed by atoms with E-state index in [0.29, 0.717) is 62.8 Å². The molecule has 0 fully saturated rings. The van der Waals surface area contributed by atoms with Gasteiger partial charge in [-0.15, -0.1) is 12.1 Å². The van der Waals surface area contributed by atoms with Crippen molar-refractivity contribution in [1.82, 2.24) is 0 Å². The molecule has 1 unspecified atom stereocenters. The van der Waals surface area contributed by atoms with E-state index < -0.39 is 100 Å². The molecule has 0 radical (unpaired) electrons. The number of halogens is 12. The lowest BCUT2D eigenvalue weighted by molar-refractivity contribution is -0.953. The lowest BCUT2D eigenvalue weighted by Crippen LogP contribution is -2.51. The highest BCUT2D eigenvalue weighted by atomic mass is 19.2. The molecule has 4 nitrogen and oxygen atoms in total. The molecule has 0 heterocycles. The van der Waals surface area contributed by atoms with Crippen LogP contribution in [0.5, 0.6) is 17.2 Å². The highest BCUT2D eigenvalue weighted by Gasteiger charge is 2.42. The second-order valence-electron chi connectivity index (χ2n) is 14.4. The van der Waals surface area contributed by atoms with Crippen molar-refractivity contribution in [1.29, 1.82) is 0 Å². The maximum absolute atomic E-state index is 16.1. The zero-order valence-electron chi connectivity index (χ0n) is 34.5. The fraction of sp³-hybridized carbons (Fsp3) is 0.455. The van der Waals surface area contributed by atoms with Gasteiger partial charge in [0.05, 0.1) is 31.0 Å². The predicted octanol–water partition coefficient (Wildman–Crippen LogP) is 14.0. The van der Waals surface area contributed by atoms with Crippen molar-refractivity contribution >= 4 is 7.32 Å². The average molecular weight is 880 g/mol. The van der Waals surface area contributed by atoms with Gasteiger partial charge in [-0.3, -0.25) is 8.78 Å². The molecule has 0 aliphatic carbocycles. The van der Waals surface area contributed by atoms with Gasteiger partial charge in [0.15, 0.2) is 52.4 Å². The van der Waals surface area contributed by atoms with Crippen molar-refractivity contribution in [2.45, 2.75) is 111 Å². The van der Waals surface area contributed by atoms with Gasteiger partial charge in [-0.2, -0.15) is 6.07 Å². The number of hydrogen-bond acceptors (Lipinski definition) is 3. The second kappa shape index (κ2) is 24.8. The van der Waals surface area contributed by atoms with E-state index in [9.17, 15) is 43.9 Å². The summed E-state index contributed by atoms with van der Waals surface area (Å²) in [4.78, 5) is 0. The van der Waals surface area contributed by atoms with Crippen LogP contribution in [0.3, 0.4) is 0 Å². The molecule has 0 aliphatic heterocycles. The van der Waals surface area contributed by atoms with E-state index in [0.717, 1.165) is 44.2 Å². The van der Waals surface area contributed by atoms with E-state index in [4.69, 9.17) is 14.0 Å². The first kappa shape index (κ1) is 50.8. The van der Waals surface area contributed by atoms with Crippen LogP contribution in [0.1, 0.15) is 116 Å². The van der Waals surface area contributed by atoms with E-state index in [1.807, 2.05) is 20.8 Å². The summed E-state index contributed by atoms with van der Waals surface area (Å²) in [6.45, 7) is 9.20. The summed E-state index contributed by atoms with van der Waals surface area (Å²) in [7, 11) is -2.33. The molecule has 0 bridgehead atoms. The summed E-state index contributed by atoms with van der Waals surface area (Å²) in [5.74, 6) is -21.4. The predicted molar refractivity (Wildman–Crippen MR) is 207 cm³/mol. The fourth-order valence-electron chi connectivity index (χ4n) is 7.05. The zero-order valence-corrected chi connectivity index (χ0v) is 34.5. The maximum atomic E-state index is 16.1. The summed E-state index contributed by atoms with van der Waals surface area (Å²) >= 11 is 0. The van der Waals surface area contributed by atoms with Crippen LogP contribution in [0.25, 0.3) is 0 Å². The molecule has 1 atom stereocenters. The molecular weight excluding hydrogens is 829 g/mol. The topological polar surface area (TPSA) is 27.7 Å². The quantitative estimate of drug-likeness (QED) is 0.0186. The van der Waals surface area contributed by atoms with Gasteiger partial charge in [0.1, 0.15) is 23.3 Å². The van der Waals surface area contributed by atoms with Gasteiger partial charge in [-0.1, -0.05) is 71.1 Å². The number of quaternary nitrogens is 1. The van der Waals surface area contributed by atoms with Crippen molar-refractivity contribution in [3.8, 4) is 17.2 Å². The Morgan fingerprint density at radius 2 is 0.836 bits per heavy atom. The molecule has 0 amide bonds. The second-order valence-corrected chi connectivity index (χ2v) is 14.4. The van der Waals surface area contributed by atoms with Crippen LogP contribution < -0.4 is 14.0 Å². The van der Waals surface area contributed by atoms with Gasteiger partial charge in [-0.05, 0) is 27.2 Å². The molecular formula is C44H50BF12NO3. The molecule has 4 aromatic rings. The van der Waals surface area contributed by atoms with Crippen LogP contribution in [0.2, 0.25) is 0 Å².